The molecule has 0 N–H and O–H groups in total. The fourth-order valence-corrected chi connectivity index (χ4v) is 4.11. The van der Waals surface area contributed by atoms with Gasteiger partial charge in [-0.15, -0.1) is 0 Å². The molecule has 5 rings (SSSR count). The van der Waals surface area contributed by atoms with Gasteiger partial charge in [0, 0.05) is 36.8 Å². The second-order valence-corrected chi connectivity index (χ2v) is 8.38. The monoisotopic (exact) mass is 515 g/mol. The molecule has 1 fully saturated rings. The first-order chi connectivity index (χ1) is 18.6. The van der Waals surface area contributed by atoms with Crippen LogP contribution in [0, 0.1) is 18.3 Å². The van der Waals surface area contributed by atoms with Crippen molar-refractivity contribution in [3.05, 3.63) is 65.9 Å². The van der Waals surface area contributed by atoms with Crippen molar-refractivity contribution in [3.8, 4) is 34.5 Å². The van der Waals surface area contributed by atoms with E-state index >= 15 is 0 Å². The molecule has 0 spiro atoms. The molecule has 0 unspecified atom stereocenters. The smallest absolute Gasteiger partial charge is 0.376 e. The van der Waals surface area contributed by atoms with E-state index in [1.54, 1.807) is 19.9 Å². The molecule has 0 amide bonds. The summed E-state index contributed by atoms with van der Waals surface area (Å²) >= 11 is 0. The summed E-state index contributed by atoms with van der Waals surface area (Å²) in [7, 11) is 0. The van der Waals surface area contributed by atoms with Gasteiger partial charge in [-0.2, -0.15) is 5.26 Å². The van der Waals surface area contributed by atoms with Crippen LogP contribution < -0.4 is 9.64 Å². The number of benzene rings is 1. The maximum absolute atomic E-state index is 12.2. The van der Waals surface area contributed by atoms with Gasteiger partial charge in [0.05, 0.1) is 25.5 Å². The molecule has 0 saturated carbocycles. The third-order valence-corrected chi connectivity index (χ3v) is 5.98. The Labute approximate surface area is 218 Å². The molecule has 0 atom stereocenters. The summed E-state index contributed by atoms with van der Waals surface area (Å²) in [5.74, 6) is -0.186. The highest BCUT2D eigenvalue weighted by Crippen LogP contribution is 2.34. The van der Waals surface area contributed by atoms with Gasteiger partial charge in [-0.25, -0.2) is 19.7 Å². The predicted molar refractivity (Wildman–Crippen MR) is 134 cm³/mol. The lowest BCUT2D eigenvalue weighted by Crippen LogP contribution is -2.36. The van der Waals surface area contributed by atoms with Gasteiger partial charge in [0.2, 0.25) is 11.6 Å². The molecule has 194 valence electrons. The predicted octanol–water partition coefficient (Wildman–Crippen LogP) is 4.16. The van der Waals surface area contributed by atoms with E-state index in [-0.39, 0.29) is 36.1 Å². The van der Waals surface area contributed by atoms with E-state index in [2.05, 4.69) is 25.9 Å². The Bertz CT molecular complexity index is 1460. The van der Waals surface area contributed by atoms with Gasteiger partial charge in [0.25, 0.3) is 0 Å². The summed E-state index contributed by atoms with van der Waals surface area (Å²) in [4.78, 5) is 27.5. The SMILES string of the molecule is CCOC(=O)c1ocnc1COc1nc(-c2ccc(N3CCOCC3)cc2)cc(-c2coc(C)n2)c1C#N. The van der Waals surface area contributed by atoms with Gasteiger partial charge < -0.3 is 27.9 Å². The normalized spacial score (nSPS) is 13.2. The molecule has 0 aliphatic carbocycles. The van der Waals surface area contributed by atoms with Crippen LogP contribution in [0.4, 0.5) is 5.69 Å². The Morgan fingerprint density at radius 3 is 2.61 bits per heavy atom. The van der Waals surface area contributed by atoms with Gasteiger partial charge in [-0.05, 0) is 25.1 Å². The summed E-state index contributed by atoms with van der Waals surface area (Å²) in [5.41, 5.74) is 3.88. The second kappa shape index (κ2) is 11.1. The maximum Gasteiger partial charge on any atom is 0.376 e. The number of morpholine rings is 1. The van der Waals surface area contributed by atoms with Crippen LogP contribution in [-0.2, 0) is 16.1 Å². The van der Waals surface area contributed by atoms with Crippen molar-refractivity contribution in [2.24, 2.45) is 0 Å². The number of aryl methyl sites for hydroxylation is 1. The minimum absolute atomic E-state index is 0.0624. The van der Waals surface area contributed by atoms with E-state index < -0.39 is 5.97 Å². The Morgan fingerprint density at radius 1 is 1.13 bits per heavy atom. The lowest BCUT2D eigenvalue weighted by atomic mass is 10.0. The highest BCUT2D eigenvalue weighted by molar-refractivity contribution is 5.87. The number of carbonyl (C=O) groups is 1. The molecule has 11 heteroatoms. The van der Waals surface area contributed by atoms with Gasteiger partial charge in [-0.3, -0.25) is 0 Å². The van der Waals surface area contributed by atoms with Gasteiger partial charge in [0.1, 0.15) is 35.9 Å². The zero-order chi connectivity index (χ0) is 26.5. The zero-order valence-corrected chi connectivity index (χ0v) is 21.0. The van der Waals surface area contributed by atoms with Crippen molar-refractivity contribution in [1.82, 2.24) is 15.0 Å². The van der Waals surface area contributed by atoms with Gasteiger partial charge >= 0.3 is 5.97 Å². The van der Waals surface area contributed by atoms with E-state index in [1.165, 1.54) is 6.26 Å². The lowest BCUT2D eigenvalue weighted by Gasteiger charge is -2.28. The molecule has 1 aliphatic heterocycles. The molecule has 3 aromatic heterocycles. The minimum Gasteiger partial charge on any atom is -0.470 e. The fraction of sp³-hybridized carbons (Fsp3) is 0.296. The van der Waals surface area contributed by atoms with Crippen LogP contribution in [0.1, 0.15) is 34.6 Å². The van der Waals surface area contributed by atoms with Crippen LogP contribution in [0.25, 0.3) is 22.5 Å². The average Bonchev–Trinajstić information content (AvgIpc) is 3.61. The van der Waals surface area contributed by atoms with Crippen LogP contribution in [-0.4, -0.2) is 53.8 Å². The van der Waals surface area contributed by atoms with Gasteiger partial charge in [-0.1, -0.05) is 12.1 Å². The molecule has 4 heterocycles. The van der Waals surface area contributed by atoms with Crippen LogP contribution in [0.15, 0.2) is 51.8 Å². The quantitative estimate of drug-likeness (QED) is 0.313. The third-order valence-electron chi connectivity index (χ3n) is 5.98. The number of hydrogen-bond donors (Lipinski definition) is 0. The number of esters is 1. The summed E-state index contributed by atoms with van der Waals surface area (Å²) < 4.78 is 27.0. The molecule has 1 aliphatic rings. The molecular formula is C27H25N5O6. The Hall–Kier alpha value is -4.69. The van der Waals surface area contributed by atoms with Crippen molar-refractivity contribution in [1.29, 1.82) is 5.26 Å². The van der Waals surface area contributed by atoms with Crippen molar-refractivity contribution in [2.45, 2.75) is 20.5 Å². The number of oxazole rings is 2. The summed E-state index contributed by atoms with van der Waals surface area (Å²) in [6.07, 6.45) is 2.62. The molecule has 4 aromatic rings. The summed E-state index contributed by atoms with van der Waals surface area (Å²) in [6, 6.07) is 12.0. The van der Waals surface area contributed by atoms with E-state index in [0.717, 1.165) is 30.7 Å². The van der Waals surface area contributed by atoms with E-state index in [4.69, 9.17) is 23.0 Å². The van der Waals surface area contributed by atoms with Crippen molar-refractivity contribution in [2.75, 3.05) is 37.8 Å². The molecule has 38 heavy (non-hydrogen) atoms. The largest absolute Gasteiger partial charge is 0.470 e. The Balaban J connectivity index is 1.50. The van der Waals surface area contributed by atoms with Crippen LogP contribution in [0.5, 0.6) is 5.88 Å². The highest BCUT2D eigenvalue weighted by atomic mass is 16.5. The first-order valence-electron chi connectivity index (χ1n) is 12.1. The van der Waals surface area contributed by atoms with E-state index in [9.17, 15) is 10.1 Å². The van der Waals surface area contributed by atoms with Crippen molar-refractivity contribution in [3.63, 3.8) is 0 Å². The van der Waals surface area contributed by atoms with Crippen LogP contribution >= 0.6 is 0 Å². The minimum atomic E-state index is -0.648. The number of anilines is 1. The first kappa shape index (κ1) is 25.0. The number of hydrogen-bond acceptors (Lipinski definition) is 11. The zero-order valence-electron chi connectivity index (χ0n) is 21.0. The standard InChI is InChI=1S/C27H25N5O6/c1-3-35-27(33)25-24(29-16-38-25)15-37-26-21(13-28)20(23-14-36-17(2)30-23)12-22(31-26)18-4-6-19(7-5-18)32-8-10-34-11-9-32/h4-7,12,14,16H,3,8-11,15H2,1-2H3. The molecule has 11 nitrogen and oxygen atoms in total. The maximum atomic E-state index is 12.2. The first-order valence-corrected chi connectivity index (χ1v) is 12.1. The Kier molecular flexibility index (Phi) is 7.33. The fourth-order valence-electron chi connectivity index (χ4n) is 4.11. The van der Waals surface area contributed by atoms with Crippen LogP contribution in [0.2, 0.25) is 0 Å². The molecule has 1 aromatic carbocycles. The average molecular weight is 516 g/mol. The van der Waals surface area contributed by atoms with Gasteiger partial charge in [0.15, 0.2) is 12.3 Å². The van der Waals surface area contributed by atoms with E-state index in [0.29, 0.717) is 36.1 Å². The van der Waals surface area contributed by atoms with Crippen molar-refractivity contribution < 1.29 is 27.8 Å². The number of carbonyl (C=O) groups excluding carboxylic acids is 1. The number of aromatic nitrogens is 3. The number of ether oxygens (including phenoxy) is 3. The third kappa shape index (κ3) is 5.21. The van der Waals surface area contributed by atoms with Crippen molar-refractivity contribution >= 4 is 11.7 Å². The number of pyridine rings is 1. The van der Waals surface area contributed by atoms with E-state index in [1.807, 2.05) is 24.3 Å². The topological polar surface area (TPSA) is 137 Å². The summed E-state index contributed by atoms with van der Waals surface area (Å²) in [6.45, 7) is 6.50. The molecular weight excluding hydrogens is 490 g/mol. The Morgan fingerprint density at radius 2 is 1.92 bits per heavy atom. The summed E-state index contributed by atoms with van der Waals surface area (Å²) in [5, 5.41) is 10.0. The second-order valence-electron chi connectivity index (χ2n) is 8.38. The highest BCUT2D eigenvalue weighted by Gasteiger charge is 2.22. The molecule has 0 radical (unpaired) electrons. The van der Waals surface area contributed by atoms with Crippen LogP contribution in [0.3, 0.4) is 0 Å². The molecule has 1 saturated heterocycles. The number of nitriles is 1. The number of rotatable bonds is 8. The lowest BCUT2D eigenvalue weighted by molar-refractivity contribution is 0.0486. The molecule has 0 bridgehead atoms. The number of nitrogens with zero attached hydrogens (tertiary/aromatic N) is 5.